The van der Waals surface area contributed by atoms with Crippen molar-refractivity contribution in [1.29, 1.82) is 0 Å². The number of piperidine rings is 1. The Morgan fingerprint density at radius 2 is 1.93 bits per heavy atom. The van der Waals surface area contributed by atoms with Crippen molar-refractivity contribution >= 4 is 16.9 Å². The first-order chi connectivity index (χ1) is 12.9. The molecular weight excluding hydrogens is 342 g/mol. The molecule has 0 aromatic carbocycles. The number of amides is 1. The van der Waals surface area contributed by atoms with Crippen LogP contribution in [0.25, 0.3) is 11.0 Å². The summed E-state index contributed by atoms with van der Waals surface area (Å²) in [5.74, 6) is 1.02. The SMILES string of the molecule is Cc1nc2c(c(C)c1CC(=O)N1CCC(NCC3CC3)CC1)c(=O)[nH]n2C. The molecule has 7 heteroatoms. The quantitative estimate of drug-likeness (QED) is 0.833. The van der Waals surface area contributed by atoms with Crippen molar-refractivity contribution in [1.82, 2.24) is 25.0 Å². The van der Waals surface area contributed by atoms with E-state index < -0.39 is 0 Å². The average molecular weight is 371 g/mol. The Kier molecular flexibility index (Phi) is 4.80. The van der Waals surface area contributed by atoms with Gasteiger partial charge in [-0.25, -0.2) is 4.98 Å². The smallest absolute Gasteiger partial charge is 0.273 e. The molecule has 27 heavy (non-hydrogen) atoms. The number of aryl methyl sites for hydroxylation is 3. The van der Waals surface area contributed by atoms with Gasteiger partial charge in [-0.15, -0.1) is 0 Å². The van der Waals surface area contributed by atoms with Gasteiger partial charge >= 0.3 is 0 Å². The number of carbonyl (C=O) groups is 1. The molecule has 1 saturated carbocycles. The lowest BCUT2D eigenvalue weighted by atomic mass is 9.99. The van der Waals surface area contributed by atoms with E-state index in [1.165, 1.54) is 12.8 Å². The molecule has 1 aliphatic carbocycles. The molecule has 4 rings (SSSR count). The zero-order valence-electron chi connectivity index (χ0n) is 16.5. The summed E-state index contributed by atoms with van der Waals surface area (Å²) in [4.78, 5) is 31.6. The molecule has 0 radical (unpaired) electrons. The Labute approximate surface area is 159 Å². The second-order valence-electron chi connectivity index (χ2n) is 8.18. The van der Waals surface area contributed by atoms with Crippen molar-refractivity contribution in [2.75, 3.05) is 19.6 Å². The van der Waals surface area contributed by atoms with Gasteiger partial charge in [-0.05, 0) is 63.1 Å². The first kappa shape index (κ1) is 18.2. The number of likely N-dealkylation sites (tertiary alicyclic amines) is 1. The van der Waals surface area contributed by atoms with Crippen LogP contribution in [0.15, 0.2) is 4.79 Å². The first-order valence-corrected chi connectivity index (χ1v) is 10.00. The van der Waals surface area contributed by atoms with Crippen LogP contribution in [0.2, 0.25) is 0 Å². The van der Waals surface area contributed by atoms with Gasteiger partial charge in [0.15, 0.2) is 5.65 Å². The summed E-state index contributed by atoms with van der Waals surface area (Å²) in [7, 11) is 1.78. The van der Waals surface area contributed by atoms with Crippen LogP contribution in [0.5, 0.6) is 0 Å². The van der Waals surface area contributed by atoms with E-state index in [1.54, 1.807) is 11.7 Å². The molecule has 0 bridgehead atoms. The minimum Gasteiger partial charge on any atom is -0.342 e. The lowest BCUT2D eigenvalue weighted by molar-refractivity contribution is -0.131. The van der Waals surface area contributed by atoms with E-state index in [-0.39, 0.29) is 11.5 Å². The van der Waals surface area contributed by atoms with Crippen molar-refractivity contribution in [3.63, 3.8) is 0 Å². The number of hydrogen-bond acceptors (Lipinski definition) is 4. The monoisotopic (exact) mass is 371 g/mol. The fourth-order valence-corrected chi connectivity index (χ4v) is 4.16. The molecule has 0 spiro atoms. The van der Waals surface area contributed by atoms with Crippen LogP contribution >= 0.6 is 0 Å². The van der Waals surface area contributed by atoms with Gasteiger partial charge < -0.3 is 10.2 Å². The van der Waals surface area contributed by atoms with E-state index in [0.717, 1.165) is 55.2 Å². The second-order valence-corrected chi connectivity index (χ2v) is 8.18. The first-order valence-electron chi connectivity index (χ1n) is 10.00. The van der Waals surface area contributed by atoms with Gasteiger partial charge in [0, 0.05) is 31.9 Å². The molecule has 2 aliphatic rings. The number of nitrogens with zero attached hydrogens (tertiary/aromatic N) is 3. The van der Waals surface area contributed by atoms with E-state index in [4.69, 9.17) is 0 Å². The molecule has 2 N–H and O–H groups in total. The molecule has 7 nitrogen and oxygen atoms in total. The summed E-state index contributed by atoms with van der Waals surface area (Å²) in [6.07, 6.45) is 5.09. The Morgan fingerprint density at radius 3 is 2.59 bits per heavy atom. The van der Waals surface area contributed by atoms with Gasteiger partial charge in [-0.3, -0.25) is 19.4 Å². The standard InChI is InChI=1S/C20H29N5O2/c1-12-16(13(2)22-19-18(12)20(27)23-24(19)3)10-17(26)25-8-6-15(7-9-25)21-11-14-4-5-14/h14-15,21H,4-11H2,1-3H3,(H,23,27). The number of carbonyl (C=O) groups excluding carboxylic acids is 1. The number of nitrogens with one attached hydrogen (secondary N) is 2. The number of fused-ring (bicyclic) bond motifs is 1. The van der Waals surface area contributed by atoms with Crippen LogP contribution in [0.1, 0.15) is 42.5 Å². The highest BCUT2D eigenvalue weighted by atomic mass is 16.2. The minimum atomic E-state index is -0.145. The third-order valence-corrected chi connectivity index (χ3v) is 6.14. The highest BCUT2D eigenvalue weighted by Crippen LogP contribution is 2.28. The summed E-state index contributed by atoms with van der Waals surface area (Å²) in [5.41, 5.74) is 3.08. The molecule has 146 valence electrons. The van der Waals surface area contributed by atoms with Crippen LogP contribution < -0.4 is 10.9 Å². The number of hydrogen-bond donors (Lipinski definition) is 2. The maximum absolute atomic E-state index is 12.9. The molecule has 3 heterocycles. The zero-order valence-corrected chi connectivity index (χ0v) is 16.5. The van der Waals surface area contributed by atoms with Crippen molar-refractivity contribution in [2.45, 2.75) is 52.0 Å². The fourth-order valence-electron chi connectivity index (χ4n) is 4.16. The van der Waals surface area contributed by atoms with E-state index in [1.807, 2.05) is 18.7 Å². The molecule has 0 unspecified atom stereocenters. The fraction of sp³-hybridized carbons (Fsp3) is 0.650. The van der Waals surface area contributed by atoms with Crippen LogP contribution in [0, 0.1) is 19.8 Å². The summed E-state index contributed by atoms with van der Waals surface area (Å²) < 4.78 is 1.64. The van der Waals surface area contributed by atoms with Crippen LogP contribution in [0.3, 0.4) is 0 Å². The minimum absolute atomic E-state index is 0.135. The van der Waals surface area contributed by atoms with Crippen molar-refractivity contribution in [3.8, 4) is 0 Å². The lowest BCUT2D eigenvalue weighted by Gasteiger charge is -2.33. The number of H-pyrrole nitrogens is 1. The molecule has 1 amide bonds. The van der Waals surface area contributed by atoms with Gasteiger partial charge in [-0.1, -0.05) is 0 Å². The van der Waals surface area contributed by atoms with E-state index in [0.29, 0.717) is 23.5 Å². The predicted molar refractivity (Wildman–Crippen MR) is 105 cm³/mol. The summed E-state index contributed by atoms with van der Waals surface area (Å²) in [6.45, 7) is 6.58. The molecule has 0 atom stereocenters. The normalized spacial score (nSPS) is 18.4. The Bertz CT molecular complexity index is 917. The Hall–Kier alpha value is -2.15. The summed E-state index contributed by atoms with van der Waals surface area (Å²) in [6, 6.07) is 0.541. The van der Waals surface area contributed by atoms with Crippen molar-refractivity contribution in [3.05, 3.63) is 27.2 Å². The third-order valence-electron chi connectivity index (χ3n) is 6.14. The summed E-state index contributed by atoms with van der Waals surface area (Å²) >= 11 is 0. The Balaban J connectivity index is 1.43. The highest BCUT2D eigenvalue weighted by Gasteiger charge is 2.27. The van der Waals surface area contributed by atoms with Gasteiger partial charge in [-0.2, -0.15) is 0 Å². The largest absolute Gasteiger partial charge is 0.342 e. The van der Waals surface area contributed by atoms with Crippen molar-refractivity contribution in [2.24, 2.45) is 13.0 Å². The van der Waals surface area contributed by atoms with E-state index in [9.17, 15) is 9.59 Å². The molecule has 2 fully saturated rings. The topological polar surface area (TPSA) is 83.0 Å². The van der Waals surface area contributed by atoms with Crippen molar-refractivity contribution < 1.29 is 4.79 Å². The molecule has 1 aliphatic heterocycles. The van der Waals surface area contributed by atoms with Crippen LogP contribution in [-0.4, -0.2) is 51.2 Å². The molecule has 2 aromatic heterocycles. The highest BCUT2D eigenvalue weighted by molar-refractivity contribution is 5.84. The van der Waals surface area contributed by atoms with Crippen LogP contribution in [0.4, 0.5) is 0 Å². The summed E-state index contributed by atoms with van der Waals surface area (Å²) in [5, 5.41) is 7.00. The maximum atomic E-state index is 12.9. The number of pyridine rings is 1. The Morgan fingerprint density at radius 1 is 1.22 bits per heavy atom. The number of aromatic nitrogens is 3. The van der Waals surface area contributed by atoms with E-state index in [2.05, 4.69) is 15.4 Å². The average Bonchev–Trinajstić information content (AvgIpc) is 3.42. The zero-order chi connectivity index (χ0) is 19.1. The lowest BCUT2D eigenvalue weighted by Crippen LogP contribution is -2.45. The number of rotatable bonds is 5. The number of aromatic amines is 1. The molecule has 1 saturated heterocycles. The second kappa shape index (κ2) is 7.11. The predicted octanol–water partition coefficient (Wildman–Crippen LogP) is 1.41. The van der Waals surface area contributed by atoms with Gasteiger partial charge in [0.1, 0.15) is 0 Å². The molecule has 2 aromatic rings. The van der Waals surface area contributed by atoms with E-state index >= 15 is 0 Å². The van der Waals surface area contributed by atoms with Gasteiger partial charge in [0.2, 0.25) is 5.91 Å². The maximum Gasteiger partial charge on any atom is 0.273 e. The third kappa shape index (κ3) is 3.65. The van der Waals surface area contributed by atoms with Crippen LogP contribution in [-0.2, 0) is 18.3 Å². The molecular formula is C20H29N5O2. The van der Waals surface area contributed by atoms with Gasteiger partial charge in [0.05, 0.1) is 11.8 Å². The van der Waals surface area contributed by atoms with Gasteiger partial charge in [0.25, 0.3) is 5.56 Å².